The van der Waals surface area contributed by atoms with Crippen molar-refractivity contribution in [1.82, 2.24) is 0 Å². The second-order valence-electron chi connectivity index (χ2n) is 13.9. The van der Waals surface area contributed by atoms with E-state index in [1.54, 1.807) is 0 Å². The van der Waals surface area contributed by atoms with Gasteiger partial charge in [0.1, 0.15) is 23.0 Å². The van der Waals surface area contributed by atoms with E-state index in [0.29, 0.717) is 11.4 Å². The van der Waals surface area contributed by atoms with Crippen LogP contribution in [0.1, 0.15) is 90.4 Å². The maximum Gasteiger partial charge on any atom is 0.136 e. The number of ether oxygens (including phenoxy) is 2. The van der Waals surface area contributed by atoms with Crippen molar-refractivity contribution in [1.29, 1.82) is 0 Å². The zero-order valence-electron chi connectivity index (χ0n) is 27.1. The van der Waals surface area contributed by atoms with Gasteiger partial charge in [0, 0.05) is 57.3 Å². The van der Waals surface area contributed by atoms with E-state index >= 15 is 0 Å². The van der Waals surface area contributed by atoms with Gasteiger partial charge >= 0.3 is 0 Å². The smallest absolute Gasteiger partial charge is 0.136 e. The zero-order valence-corrected chi connectivity index (χ0v) is 27.1. The second kappa shape index (κ2) is 10.1. The van der Waals surface area contributed by atoms with Crippen molar-refractivity contribution in [2.45, 2.75) is 23.7 Å². The molecule has 4 N–H and O–H groups in total. The highest BCUT2D eigenvalue weighted by Gasteiger charge is 2.52. The monoisotopic (exact) mass is 644 g/mol. The number of rotatable bonds is 4. The van der Waals surface area contributed by atoms with E-state index < -0.39 is 0 Å². The zero-order chi connectivity index (χ0) is 33.1. The average Bonchev–Trinajstić information content (AvgIpc) is 3.17. The topological polar surface area (TPSA) is 70.5 Å². The van der Waals surface area contributed by atoms with Gasteiger partial charge in [0.15, 0.2) is 0 Å². The van der Waals surface area contributed by atoms with E-state index in [0.717, 1.165) is 23.0 Å². The molecular formula is C46H32N2O2. The van der Waals surface area contributed by atoms with Crippen LogP contribution in [-0.2, 0) is 0 Å². The molecule has 13 rings (SSSR count). The molecule has 7 aromatic carbocycles. The molecular weight excluding hydrogens is 613 g/mol. The normalized spacial score (nSPS) is 19.4. The lowest BCUT2D eigenvalue weighted by Gasteiger charge is -2.48. The third-order valence-electron chi connectivity index (χ3n) is 11.4. The molecule has 0 radical (unpaired) electrons. The third-order valence-corrected chi connectivity index (χ3v) is 11.4. The lowest BCUT2D eigenvalue weighted by atomic mass is 9.55. The lowest BCUT2D eigenvalue weighted by Crippen LogP contribution is -2.33. The van der Waals surface area contributed by atoms with E-state index in [2.05, 4.69) is 97.1 Å². The Kier molecular flexibility index (Phi) is 5.60. The van der Waals surface area contributed by atoms with Crippen LogP contribution >= 0.6 is 0 Å². The van der Waals surface area contributed by atoms with Gasteiger partial charge in [-0.15, -0.1) is 0 Å². The molecule has 0 fully saturated rings. The minimum atomic E-state index is -0.0313. The predicted molar refractivity (Wildman–Crippen MR) is 198 cm³/mol. The maximum absolute atomic E-state index is 7.29. The molecule has 0 aromatic heterocycles. The van der Waals surface area contributed by atoms with E-state index in [1.165, 1.54) is 66.8 Å². The molecule has 7 aromatic rings. The van der Waals surface area contributed by atoms with Gasteiger partial charge in [-0.25, -0.2) is 0 Å². The summed E-state index contributed by atoms with van der Waals surface area (Å²) in [6.45, 7) is 0. The van der Waals surface area contributed by atoms with Crippen LogP contribution in [0.2, 0.25) is 0 Å². The SMILES string of the molecule is Nc1ccc(Oc2c3c(c(Oc4ccc(N)cc4)c4c2C2c5ccccc5C4c4ccccc42)C2c4ccccc4C3c3ccccc32)cc1. The quantitative estimate of drug-likeness (QED) is 0.187. The molecule has 4 nitrogen and oxygen atoms in total. The number of benzene rings is 7. The molecule has 6 aliphatic rings. The summed E-state index contributed by atoms with van der Waals surface area (Å²) in [6.07, 6.45) is 0. The van der Waals surface area contributed by atoms with Gasteiger partial charge in [0.2, 0.25) is 0 Å². The summed E-state index contributed by atoms with van der Waals surface area (Å²) in [5, 5.41) is 0. The van der Waals surface area contributed by atoms with Crippen molar-refractivity contribution in [3.63, 3.8) is 0 Å². The maximum atomic E-state index is 7.29. The summed E-state index contributed by atoms with van der Waals surface area (Å²) < 4.78 is 14.6. The Morgan fingerprint density at radius 2 is 0.520 bits per heavy atom. The van der Waals surface area contributed by atoms with Crippen molar-refractivity contribution < 1.29 is 9.47 Å². The van der Waals surface area contributed by atoms with E-state index in [9.17, 15) is 0 Å². The van der Waals surface area contributed by atoms with Gasteiger partial charge in [-0.05, 0) is 93.0 Å². The minimum absolute atomic E-state index is 0.0313. The summed E-state index contributed by atoms with van der Waals surface area (Å²) >= 11 is 0. The number of nitrogen functional groups attached to an aromatic ring is 2. The summed E-state index contributed by atoms with van der Waals surface area (Å²) in [7, 11) is 0. The van der Waals surface area contributed by atoms with Gasteiger partial charge in [-0.1, -0.05) is 97.1 Å². The van der Waals surface area contributed by atoms with Crippen molar-refractivity contribution in [2.24, 2.45) is 0 Å². The average molecular weight is 645 g/mol. The molecule has 4 heteroatoms. The van der Waals surface area contributed by atoms with Crippen LogP contribution in [-0.4, -0.2) is 0 Å². The van der Waals surface area contributed by atoms with Crippen LogP contribution in [0.15, 0.2) is 146 Å². The minimum Gasteiger partial charge on any atom is -0.457 e. The van der Waals surface area contributed by atoms with Crippen LogP contribution in [0.4, 0.5) is 11.4 Å². The molecule has 0 amide bonds. The highest BCUT2D eigenvalue weighted by molar-refractivity contribution is 5.82. The summed E-state index contributed by atoms with van der Waals surface area (Å²) in [5.74, 6) is 3.27. The standard InChI is InChI=1S/C46H32N2O2/c47-25-17-21-27(22-18-25)49-45-41-37-29-9-1-2-10-30(29)38(32-12-4-3-11-31(32)37)42(41)46(50-28-23-19-26(48)20-24-28)44-40-35-15-7-5-13-33(35)39(43(44)45)34-14-6-8-16-36(34)40/h1-24,37-40H,47-48H2. The summed E-state index contributed by atoms with van der Waals surface area (Å²) in [5.41, 5.74) is 29.1. The molecule has 50 heavy (non-hydrogen) atoms. The van der Waals surface area contributed by atoms with E-state index in [4.69, 9.17) is 20.9 Å². The van der Waals surface area contributed by atoms with Gasteiger partial charge in [0.25, 0.3) is 0 Å². The highest BCUT2D eigenvalue weighted by Crippen LogP contribution is 2.68. The number of hydrogen-bond acceptors (Lipinski definition) is 4. The first kappa shape index (κ1) is 27.7. The van der Waals surface area contributed by atoms with Crippen LogP contribution < -0.4 is 20.9 Å². The first-order valence-electron chi connectivity index (χ1n) is 17.3. The van der Waals surface area contributed by atoms with Crippen molar-refractivity contribution in [2.75, 3.05) is 11.5 Å². The third kappa shape index (κ3) is 3.65. The molecule has 0 unspecified atom stereocenters. The molecule has 0 saturated carbocycles. The highest BCUT2D eigenvalue weighted by atomic mass is 16.5. The van der Waals surface area contributed by atoms with Crippen molar-refractivity contribution in [3.8, 4) is 23.0 Å². The van der Waals surface area contributed by atoms with E-state index in [1.807, 2.05) is 48.5 Å². The van der Waals surface area contributed by atoms with Gasteiger partial charge in [0.05, 0.1) is 0 Å². The Bertz CT molecular complexity index is 2140. The van der Waals surface area contributed by atoms with Crippen LogP contribution in [0.3, 0.4) is 0 Å². The van der Waals surface area contributed by atoms with Gasteiger partial charge < -0.3 is 20.9 Å². The second-order valence-corrected chi connectivity index (χ2v) is 13.9. The van der Waals surface area contributed by atoms with E-state index in [-0.39, 0.29) is 23.7 Å². The summed E-state index contributed by atoms with van der Waals surface area (Å²) in [4.78, 5) is 0. The van der Waals surface area contributed by atoms with Gasteiger partial charge in [-0.2, -0.15) is 0 Å². The number of anilines is 2. The molecule has 6 aliphatic carbocycles. The molecule has 0 saturated heterocycles. The molecule has 0 aliphatic heterocycles. The largest absolute Gasteiger partial charge is 0.457 e. The molecule has 0 spiro atoms. The first-order valence-corrected chi connectivity index (χ1v) is 17.3. The van der Waals surface area contributed by atoms with Gasteiger partial charge in [-0.3, -0.25) is 0 Å². The Hall–Kier alpha value is -6.26. The van der Waals surface area contributed by atoms with Crippen molar-refractivity contribution >= 4 is 11.4 Å². The fourth-order valence-electron chi connectivity index (χ4n) is 9.51. The number of nitrogens with two attached hydrogens (primary N) is 2. The van der Waals surface area contributed by atoms with Crippen LogP contribution in [0.25, 0.3) is 0 Å². The Labute approximate surface area is 290 Å². The molecule has 238 valence electrons. The molecule has 0 heterocycles. The van der Waals surface area contributed by atoms with Crippen molar-refractivity contribution in [3.05, 3.63) is 212 Å². The molecule has 4 bridgehead atoms. The molecule has 0 atom stereocenters. The Morgan fingerprint density at radius 1 is 0.300 bits per heavy atom. The van der Waals surface area contributed by atoms with Crippen LogP contribution in [0.5, 0.6) is 23.0 Å². The fraction of sp³-hybridized carbons (Fsp3) is 0.0870. The van der Waals surface area contributed by atoms with Crippen LogP contribution in [0, 0.1) is 0 Å². The predicted octanol–water partition coefficient (Wildman–Crippen LogP) is 10.4. The lowest BCUT2D eigenvalue weighted by molar-refractivity contribution is 0.434. The summed E-state index contributed by atoms with van der Waals surface area (Å²) in [6, 6.07) is 51.4. The fourth-order valence-corrected chi connectivity index (χ4v) is 9.51. The Morgan fingerprint density at radius 3 is 0.740 bits per heavy atom. The first-order chi connectivity index (χ1) is 24.7. The Balaban J connectivity index is 1.31. The number of hydrogen-bond donors (Lipinski definition) is 2.